The van der Waals surface area contributed by atoms with Crippen LogP contribution >= 0.6 is 0 Å². The van der Waals surface area contributed by atoms with Gasteiger partial charge in [-0.3, -0.25) is 4.79 Å². The molecule has 0 aliphatic rings. The first-order valence-corrected chi connectivity index (χ1v) is 8.60. The van der Waals surface area contributed by atoms with E-state index in [9.17, 15) is 9.18 Å². The molecule has 4 aromatic rings. The van der Waals surface area contributed by atoms with Crippen molar-refractivity contribution < 1.29 is 13.9 Å². The van der Waals surface area contributed by atoms with Gasteiger partial charge in [-0.1, -0.05) is 18.2 Å². The largest absolute Gasteiger partial charge is 0.496 e. The predicted octanol–water partition coefficient (Wildman–Crippen LogP) is 3.95. The summed E-state index contributed by atoms with van der Waals surface area (Å²) >= 11 is 0. The van der Waals surface area contributed by atoms with E-state index in [0.717, 1.165) is 11.4 Å². The van der Waals surface area contributed by atoms with Crippen LogP contribution in [0.25, 0.3) is 16.8 Å². The van der Waals surface area contributed by atoms with Crippen LogP contribution in [0.5, 0.6) is 5.75 Å². The Morgan fingerprint density at radius 2 is 2.00 bits per heavy atom. The molecule has 4 rings (SSSR count). The first-order chi connectivity index (χ1) is 13.6. The van der Waals surface area contributed by atoms with Gasteiger partial charge in [-0.25, -0.2) is 14.4 Å². The molecule has 6 nitrogen and oxygen atoms in total. The molecule has 0 bridgehead atoms. The zero-order valence-corrected chi connectivity index (χ0v) is 15.3. The van der Waals surface area contributed by atoms with Crippen molar-refractivity contribution in [3.05, 3.63) is 84.2 Å². The number of halogens is 1. The number of hydrogen-bond acceptors (Lipinski definition) is 4. The van der Waals surface area contributed by atoms with Gasteiger partial charge < -0.3 is 14.3 Å². The van der Waals surface area contributed by atoms with E-state index in [2.05, 4.69) is 15.0 Å². The zero-order chi connectivity index (χ0) is 19.7. The quantitative estimate of drug-likeness (QED) is 0.535. The molecule has 140 valence electrons. The lowest BCUT2D eigenvalue weighted by molar-refractivity contribution is 0.102. The third kappa shape index (κ3) is 3.18. The molecule has 2 aromatic heterocycles. The van der Waals surface area contributed by atoms with Gasteiger partial charge in [0.25, 0.3) is 0 Å². The van der Waals surface area contributed by atoms with Crippen molar-refractivity contribution in [1.82, 2.24) is 19.5 Å². The predicted molar refractivity (Wildman–Crippen MR) is 102 cm³/mol. The Hall–Kier alpha value is -3.74. The van der Waals surface area contributed by atoms with Crippen molar-refractivity contribution in [1.29, 1.82) is 0 Å². The van der Waals surface area contributed by atoms with Crippen molar-refractivity contribution in [2.24, 2.45) is 0 Å². The van der Waals surface area contributed by atoms with E-state index in [0.29, 0.717) is 16.9 Å². The molecule has 0 unspecified atom stereocenters. The van der Waals surface area contributed by atoms with Crippen LogP contribution in [-0.4, -0.2) is 32.4 Å². The number of rotatable bonds is 5. The lowest BCUT2D eigenvalue weighted by Gasteiger charge is -2.11. The van der Waals surface area contributed by atoms with Gasteiger partial charge in [-0.05, 0) is 36.8 Å². The molecule has 0 radical (unpaired) electrons. The molecule has 0 fully saturated rings. The van der Waals surface area contributed by atoms with Gasteiger partial charge in [0.05, 0.1) is 12.7 Å². The number of ether oxygens (including phenoxy) is 1. The maximum Gasteiger partial charge on any atom is 0.248 e. The van der Waals surface area contributed by atoms with Gasteiger partial charge in [0.15, 0.2) is 5.82 Å². The molecule has 0 saturated heterocycles. The smallest absolute Gasteiger partial charge is 0.248 e. The molecule has 0 atom stereocenters. The number of nitrogens with one attached hydrogen (secondary N) is 1. The fourth-order valence-electron chi connectivity index (χ4n) is 3.01. The fourth-order valence-corrected chi connectivity index (χ4v) is 3.01. The number of ketones is 1. The lowest BCUT2D eigenvalue weighted by atomic mass is 10.0. The monoisotopic (exact) mass is 376 g/mol. The van der Waals surface area contributed by atoms with Gasteiger partial charge in [0.1, 0.15) is 23.6 Å². The van der Waals surface area contributed by atoms with Crippen LogP contribution in [0.15, 0.2) is 61.2 Å². The molecular formula is C21H17FN4O2. The number of aromatic amines is 1. The molecule has 0 amide bonds. The van der Waals surface area contributed by atoms with E-state index >= 15 is 0 Å². The highest BCUT2D eigenvalue weighted by molar-refractivity contribution is 6.05. The zero-order valence-electron chi connectivity index (χ0n) is 15.3. The number of H-pyrrole nitrogens is 1. The van der Waals surface area contributed by atoms with E-state index in [1.165, 1.54) is 13.2 Å². The van der Waals surface area contributed by atoms with Gasteiger partial charge in [0.2, 0.25) is 5.78 Å². The van der Waals surface area contributed by atoms with Crippen LogP contribution in [0.2, 0.25) is 0 Å². The van der Waals surface area contributed by atoms with E-state index in [1.54, 1.807) is 41.5 Å². The molecule has 2 aromatic carbocycles. The summed E-state index contributed by atoms with van der Waals surface area (Å²) < 4.78 is 21.4. The minimum Gasteiger partial charge on any atom is -0.496 e. The van der Waals surface area contributed by atoms with Crippen molar-refractivity contribution >= 4 is 5.78 Å². The summed E-state index contributed by atoms with van der Waals surface area (Å²) in [5.41, 5.74) is 2.85. The van der Waals surface area contributed by atoms with Crippen molar-refractivity contribution in [2.75, 3.05) is 7.11 Å². The Labute approximate surface area is 160 Å². The first-order valence-electron chi connectivity index (χ1n) is 8.60. The van der Waals surface area contributed by atoms with Gasteiger partial charge in [0, 0.05) is 23.8 Å². The maximum atomic E-state index is 14.4. The Bertz CT molecular complexity index is 1160. The van der Waals surface area contributed by atoms with Gasteiger partial charge >= 0.3 is 0 Å². The van der Waals surface area contributed by atoms with Crippen molar-refractivity contribution in [3.63, 3.8) is 0 Å². The van der Waals surface area contributed by atoms with E-state index in [4.69, 9.17) is 4.74 Å². The number of nitrogens with zero attached hydrogens (tertiary/aromatic N) is 3. The average Bonchev–Trinajstić information content (AvgIpc) is 3.37. The minimum absolute atomic E-state index is 0.243. The Morgan fingerprint density at radius 1 is 1.18 bits per heavy atom. The summed E-state index contributed by atoms with van der Waals surface area (Å²) in [5.74, 6) is 0.0318. The summed E-state index contributed by atoms with van der Waals surface area (Å²) in [6.07, 6.45) is 4.76. The van der Waals surface area contributed by atoms with Crippen LogP contribution in [0, 0.1) is 12.7 Å². The summed E-state index contributed by atoms with van der Waals surface area (Å²) in [4.78, 5) is 23.6. The second kappa shape index (κ2) is 7.11. The summed E-state index contributed by atoms with van der Waals surface area (Å²) in [5, 5.41) is 0. The standard InChI is InChI=1S/C21H17FN4O2/c1-13-10-23-21(25-13)20(27)17-11-26(12-24-17)15-6-3-5-14(9-15)19-16(22)7-4-8-18(19)28-2/h3-12H,1-2H3,(H,23,25). The van der Waals surface area contributed by atoms with Crippen LogP contribution in [0.4, 0.5) is 4.39 Å². The SMILES string of the molecule is COc1cccc(F)c1-c1cccc(-n2cnc(C(=O)c3ncc(C)[nH]3)c2)c1. The van der Waals surface area contributed by atoms with E-state index in [1.807, 2.05) is 25.1 Å². The van der Waals surface area contributed by atoms with Crippen LogP contribution in [0.3, 0.4) is 0 Å². The first kappa shape index (κ1) is 17.7. The Morgan fingerprint density at radius 3 is 2.75 bits per heavy atom. The van der Waals surface area contributed by atoms with Crippen LogP contribution in [-0.2, 0) is 0 Å². The molecule has 0 aliphatic carbocycles. The second-order valence-corrected chi connectivity index (χ2v) is 6.28. The fraction of sp³-hybridized carbons (Fsp3) is 0.0952. The Balaban J connectivity index is 1.70. The third-order valence-corrected chi connectivity index (χ3v) is 4.36. The van der Waals surface area contributed by atoms with E-state index in [-0.39, 0.29) is 23.1 Å². The molecule has 0 aliphatic heterocycles. The lowest BCUT2D eigenvalue weighted by Crippen LogP contribution is -2.04. The number of methoxy groups -OCH3 is 1. The van der Waals surface area contributed by atoms with Gasteiger partial charge in [-0.2, -0.15) is 0 Å². The molecule has 0 spiro atoms. The highest BCUT2D eigenvalue weighted by Gasteiger charge is 2.16. The number of benzene rings is 2. The highest BCUT2D eigenvalue weighted by atomic mass is 19.1. The van der Waals surface area contributed by atoms with Crippen LogP contribution < -0.4 is 4.74 Å². The molecule has 1 N–H and O–H groups in total. The summed E-state index contributed by atoms with van der Waals surface area (Å²) in [7, 11) is 1.51. The topological polar surface area (TPSA) is 72.8 Å². The van der Waals surface area contributed by atoms with Crippen molar-refractivity contribution in [2.45, 2.75) is 6.92 Å². The van der Waals surface area contributed by atoms with E-state index < -0.39 is 0 Å². The van der Waals surface area contributed by atoms with Crippen LogP contribution in [0.1, 0.15) is 22.0 Å². The average molecular weight is 376 g/mol. The van der Waals surface area contributed by atoms with Gasteiger partial charge in [-0.15, -0.1) is 0 Å². The summed E-state index contributed by atoms with van der Waals surface area (Å²) in [6, 6.07) is 12.0. The normalized spacial score (nSPS) is 10.8. The number of aromatic nitrogens is 4. The molecule has 7 heteroatoms. The third-order valence-electron chi connectivity index (χ3n) is 4.36. The highest BCUT2D eigenvalue weighted by Crippen LogP contribution is 2.33. The minimum atomic E-state index is -0.369. The number of imidazole rings is 2. The molecule has 28 heavy (non-hydrogen) atoms. The molecular weight excluding hydrogens is 359 g/mol. The molecule has 2 heterocycles. The maximum absolute atomic E-state index is 14.4. The number of aryl methyl sites for hydroxylation is 1. The van der Waals surface area contributed by atoms with Crippen molar-refractivity contribution in [3.8, 4) is 22.6 Å². The number of carbonyl (C=O) groups is 1. The molecule has 0 saturated carbocycles. The second-order valence-electron chi connectivity index (χ2n) is 6.28. The number of carbonyl (C=O) groups excluding carboxylic acids is 1. The summed E-state index contributed by atoms with van der Waals surface area (Å²) in [6.45, 7) is 1.82. The Kier molecular flexibility index (Phi) is 4.49. The number of hydrogen-bond donors (Lipinski definition) is 1.